The Morgan fingerprint density at radius 3 is 2.58 bits per heavy atom. The van der Waals surface area contributed by atoms with Crippen molar-refractivity contribution in [1.29, 1.82) is 0 Å². The molecule has 0 fully saturated rings. The molecule has 0 saturated heterocycles. The first-order valence-electron chi connectivity index (χ1n) is 8.22. The third-order valence-corrected chi connectivity index (χ3v) is 3.62. The zero-order valence-corrected chi connectivity index (χ0v) is 14.2. The summed E-state index contributed by atoms with van der Waals surface area (Å²) in [4.78, 5) is 25.3. The summed E-state index contributed by atoms with van der Waals surface area (Å²) < 4.78 is 0. The molecule has 26 heavy (non-hydrogen) atoms. The van der Waals surface area contributed by atoms with Gasteiger partial charge in [0.05, 0.1) is 0 Å². The lowest BCUT2D eigenvalue weighted by molar-refractivity contribution is 0.0953. The number of hydrogen-bond acceptors (Lipinski definition) is 5. The fourth-order valence-corrected chi connectivity index (χ4v) is 2.32. The van der Waals surface area contributed by atoms with E-state index in [1.165, 1.54) is 0 Å². The topological polar surface area (TPSA) is 79.8 Å². The average Bonchev–Trinajstić information content (AvgIpc) is 2.71. The predicted molar refractivity (Wildman–Crippen MR) is 102 cm³/mol. The molecule has 0 radical (unpaired) electrons. The second-order valence-electron chi connectivity index (χ2n) is 5.54. The van der Waals surface area contributed by atoms with E-state index < -0.39 is 0 Å². The van der Waals surface area contributed by atoms with Gasteiger partial charge in [-0.3, -0.25) is 9.78 Å². The van der Waals surface area contributed by atoms with Crippen molar-refractivity contribution in [3.8, 4) is 11.4 Å². The maximum Gasteiger partial charge on any atom is 0.270 e. The lowest BCUT2D eigenvalue weighted by atomic mass is 10.2. The lowest BCUT2D eigenvalue weighted by Crippen LogP contribution is -2.24. The zero-order valence-electron chi connectivity index (χ0n) is 14.2. The third-order valence-electron chi connectivity index (χ3n) is 3.62. The highest BCUT2D eigenvalue weighted by Gasteiger charge is 2.12. The summed E-state index contributed by atoms with van der Waals surface area (Å²) in [5.74, 6) is 0.810. The summed E-state index contributed by atoms with van der Waals surface area (Å²) in [5, 5.41) is 5.99. The van der Waals surface area contributed by atoms with Crippen molar-refractivity contribution in [2.75, 3.05) is 11.9 Å². The molecule has 0 bridgehead atoms. The van der Waals surface area contributed by atoms with Crippen LogP contribution in [0, 0.1) is 0 Å². The molecule has 3 aromatic rings. The number of anilines is 1. The van der Waals surface area contributed by atoms with E-state index in [1.54, 1.807) is 24.5 Å². The Bertz CT molecular complexity index is 881. The molecule has 1 aromatic carbocycles. The van der Waals surface area contributed by atoms with Gasteiger partial charge in [0.1, 0.15) is 11.5 Å². The van der Waals surface area contributed by atoms with Crippen molar-refractivity contribution in [2.45, 2.75) is 6.54 Å². The van der Waals surface area contributed by atoms with Crippen LogP contribution in [-0.2, 0) is 6.54 Å². The SMILES string of the molecule is C=CCNC(=O)c1cc(NCc2ccncc2)nc(-c2ccccc2)n1. The number of nitrogens with one attached hydrogen (secondary N) is 2. The van der Waals surface area contributed by atoms with Crippen molar-refractivity contribution in [3.05, 3.63) is 84.8 Å². The van der Waals surface area contributed by atoms with Gasteiger partial charge in [-0.1, -0.05) is 36.4 Å². The van der Waals surface area contributed by atoms with Crippen LogP contribution in [0.2, 0.25) is 0 Å². The highest BCUT2D eigenvalue weighted by atomic mass is 16.1. The van der Waals surface area contributed by atoms with Gasteiger partial charge in [0.25, 0.3) is 5.91 Å². The van der Waals surface area contributed by atoms with Gasteiger partial charge in [0.15, 0.2) is 5.82 Å². The van der Waals surface area contributed by atoms with Crippen LogP contribution in [0.4, 0.5) is 5.82 Å². The summed E-state index contributed by atoms with van der Waals surface area (Å²) >= 11 is 0. The Morgan fingerprint density at radius 2 is 1.85 bits per heavy atom. The predicted octanol–water partition coefficient (Wildman–Crippen LogP) is 3.07. The Balaban J connectivity index is 1.89. The molecule has 0 aliphatic carbocycles. The Kier molecular flexibility index (Phi) is 5.67. The Hall–Kier alpha value is -3.54. The van der Waals surface area contributed by atoms with E-state index in [0.717, 1.165) is 11.1 Å². The number of pyridine rings is 1. The smallest absolute Gasteiger partial charge is 0.270 e. The fourth-order valence-electron chi connectivity index (χ4n) is 2.32. The van der Waals surface area contributed by atoms with Gasteiger partial charge in [-0.25, -0.2) is 9.97 Å². The fraction of sp³-hybridized carbons (Fsp3) is 0.100. The van der Waals surface area contributed by atoms with Gasteiger partial charge in [0, 0.05) is 37.1 Å². The van der Waals surface area contributed by atoms with Crippen LogP contribution >= 0.6 is 0 Å². The van der Waals surface area contributed by atoms with E-state index in [9.17, 15) is 4.79 Å². The molecule has 2 N–H and O–H groups in total. The lowest BCUT2D eigenvalue weighted by Gasteiger charge is -2.10. The second kappa shape index (κ2) is 8.53. The molecule has 0 unspecified atom stereocenters. The molecule has 0 spiro atoms. The zero-order chi connectivity index (χ0) is 18.2. The normalized spacial score (nSPS) is 10.2. The largest absolute Gasteiger partial charge is 0.366 e. The standard InChI is InChI=1S/C20H19N5O/c1-2-10-22-20(26)17-13-18(23-14-15-8-11-21-12-9-15)25-19(24-17)16-6-4-3-5-7-16/h2-9,11-13H,1,10,14H2,(H,22,26)(H,23,24,25). The first kappa shape index (κ1) is 17.3. The highest BCUT2D eigenvalue weighted by Crippen LogP contribution is 2.18. The third kappa shape index (κ3) is 4.51. The summed E-state index contributed by atoms with van der Waals surface area (Å²) in [6.45, 7) is 4.56. The number of benzene rings is 1. The average molecular weight is 345 g/mol. The van der Waals surface area contributed by atoms with Crippen LogP contribution in [-0.4, -0.2) is 27.4 Å². The molecule has 0 saturated carbocycles. The molecule has 2 heterocycles. The van der Waals surface area contributed by atoms with Gasteiger partial charge in [-0.2, -0.15) is 0 Å². The van der Waals surface area contributed by atoms with Gasteiger partial charge < -0.3 is 10.6 Å². The first-order chi connectivity index (χ1) is 12.8. The van der Waals surface area contributed by atoms with Crippen molar-refractivity contribution in [2.24, 2.45) is 0 Å². The monoisotopic (exact) mass is 345 g/mol. The number of amides is 1. The molecule has 3 rings (SSSR count). The summed E-state index contributed by atoms with van der Waals surface area (Å²) in [5.41, 5.74) is 2.22. The Morgan fingerprint density at radius 1 is 1.08 bits per heavy atom. The van der Waals surface area contributed by atoms with Crippen LogP contribution < -0.4 is 10.6 Å². The minimum Gasteiger partial charge on any atom is -0.366 e. The van der Waals surface area contributed by atoms with Gasteiger partial charge in [-0.05, 0) is 17.7 Å². The van der Waals surface area contributed by atoms with E-state index in [-0.39, 0.29) is 5.91 Å². The molecule has 6 nitrogen and oxygen atoms in total. The second-order valence-corrected chi connectivity index (χ2v) is 5.54. The van der Waals surface area contributed by atoms with Crippen molar-refractivity contribution < 1.29 is 4.79 Å². The number of carbonyl (C=O) groups is 1. The molecule has 6 heteroatoms. The van der Waals surface area contributed by atoms with E-state index >= 15 is 0 Å². The molecule has 1 amide bonds. The minimum atomic E-state index is -0.267. The molecule has 2 aromatic heterocycles. The van der Waals surface area contributed by atoms with Gasteiger partial charge in [-0.15, -0.1) is 6.58 Å². The van der Waals surface area contributed by atoms with Gasteiger partial charge >= 0.3 is 0 Å². The molecule has 0 aliphatic heterocycles. The van der Waals surface area contributed by atoms with Gasteiger partial charge in [0.2, 0.25) is 0 Å². The highest BCUT2D eigenvalue weighted by molar-refractivity contribution is 5.93. The van der Waals surface area contributed by atoms with Crippen molar-refractivity contribution in [3.63, 3.8) is 0 Å². The van der Waals surface area contributed by atoms with Crippen molar-refractivity contribution in [1.82, 2.24) is 20.3 Å². The van der Waals surface area contributed by atoms with E-state index in [4.69, 9.17) is 0 Å². The summed E-state index contributed by atoms with van der Waals surface area (Å²) in [7, 11) is 0. The van der Waals surface area contributed by atoms with Crippen LogP contribution in [0.1, 0.15) is 16.1 Å². The maximum atomic E-state index is 12.3. The molecular weight excluding hydrogens is 326 g/mol. The maximum absolute atomic E-state index is 12.3. The molecular formula is C20H19N5O. The van der Waals surface area contributed by atoms with Crippen LogP contribution in [0.3, 0.4) is 0 Å². The summed E-state index contributed by atoms with van der Waals surface area (Å²) in [6.07, 6.45) is 5.10. The molecule has 130 valence electrons. The number of nitrogens with zero attached hydrogens (tertiary/aromatic N) is 3. The Labute approximate surface area is 152 Å². The number of carbonyl (C=O) groups excluding carboxylic acids is 1. The summed E-state index contributed by atoms with van der Waals surface area (Å²) in [6, 6.07) is 15.0. The van der Waals surface area contributed by atoms with E-state index in [0.29, 0.717) is 30.4 Å². The molecule has 0 atom stereocenters. The molecule has 0 aliphatic rings. The van der Waals surface area contributed by atoms with Crippen LogP contribution in [0.15, 0.2) is 73.6 Å². The van der Waals surface area contributed by atoms with Crippen molar-refractivity contribution >= 4 is 11.7 Å². The number of aromatic nitrogens is 3. The van der Waals surface area contributed by atoms with E-state index in [1.807, 2.05) is 42.5 Å². The number of hydrogen-bond donors (Lipinski definition) is 2. The van der Waals surface area contributed by atoms with E-state index in [2.05, 4.69) is 32.2 Å². The minimum absolute atomic E-state index is 0.267. The van der Waals surface area contributed by atoms with Crippen LogP contribution in [0.5, 0.6) is 0 Å². The first-order valence-corrected chi connectivity index (χ1v) is 8.22. The van der Waals surface area contributed by atoms with Crippen LogP contribution in [0.25, 0.3) is 11.4 Å². The quantitative estimate of drug-likeness (QED) is 0.643. The number of rotatable bonds is 7.